The average Bonchev–Trinajstić information content (AvgIpc) is 2.55. The molecule has 0 aliphatic carbocycles. The van der Waals surface area contributed by atoms with Crippen LogP contribution in [0.15, 0.2) is 42.6 Å². The van der Waals surface area contributed by atoms with Gasteiger partial charge in [-0.25, -0.2) is 4.39 Å². The number of aromatic nitrogens is 1. The number of unbranched alkanes of at least 4 members (excludes halogenated alkanes) is 1. The average molecular weight is 344 g/mol. The third kappa shape index (κ3) is 3.46. The Morgan fingerprint density at radius 3 is 2.29 bits per heavy atom. The minimum Gasteiger partial charge on any atom is -0.266 e. The Labute approximate surface area is 147 Å². The maximum absolute atomic E-state index is 14.0. The predicted molar refractivity (Wildman–Crippen MR) is 104 cm³/mol. The van der Waals surface area contributed by atoms with E-state index < -0.39 is 8.07 Å². The minimum absolute atomic E-state index is 0.124. The molecule has 0 fully saturated rings. The lowest BCUT2D eigenvalue weighted by Gasteiger charge is -2.40. The van der Waals surface area contributed by atoms with Gasteiger partial charge in [-0.1, -0.05) is 53.2 Å². The smallest absolute Gasteiger partial charge is 0.146 e. The van der Waals surface area contributed by atoms with Gasteiger partial charge in [-0.15, -0.1) is 0 Å². The summed E-state index contributed by atoms with van der Waals surface area (Å²) in [5, 5.41) is 2.60. The van der Waals surface area contributed by atoms with Gasteiger partial charge >= 0.3 is 0 Å². The first-order valence-electron chi connectivity index (χ1n) is 9.14. The number of rotatable bonds is 7. The number of aryl methyl sites for hydroxylation is 1. The molecule has 0 unspecified atom stereocenters. The van der Waals surface area contributed by atoms with Crippen LogP contribution in [0.4, 0.5) is 4.39 Å². The fourth-order valence-electron chi connectivity index (χ4n) is 4.17. The fourth-order valence-corrected chi connectivity index (χ4v) is 9.95. The lowest BCUT2D eigenvalue weighted by molar-refractivity contribution is 0.624. The largest absolute Gasteiger partial charge is 0.266 e. The van der Waals surface area contributed by atoms with E-state index in [1.807, 2.05) is 12.3 Å². The van der Waals surface area contributed by atoms with Gasteiger partial charge in [0.25, 0.3) is 0 Å². The number of pyridine rings is 1. The molecule has 1 aromatic carbocycles. The summed E-state index contributed by atoms with van der Waals surface area (Å²) in [6.07, 6.45) is 5.07. The van der Waals surface area contributed by atoms with Crippen molar-refractivity contribution < 1.29 is 4.39 Å². The first-order valence-corrected chi connectivity index (χ1v) is 11.3. The van der Waals surface area contributed by atoms with Crippen molar-refractivity contribution in [3.63, 3.8) is 0 Å². The van der Waals surface area contributed by atoms with Crippen LogP contribution < -0.4 is 10.5 Å². The van der Waals surface area contributed by atoms with Gasteiger partial charge < -0.3 is 0 Å². The monoisotopic (exact) mass is 343 g/mol. The van der Waals surface area contributed by atoms with E-state index in [0.717, 1.165) is 19.3 Å². The van der Waals surface area contributed by atoms with Gasteiger partial charge in [0.05, 0.1) is 0 Å². The first-order chi connectivity index (χ1) is 11.4. The molecule has 1 nitrogen and oxygen atoms in total. The quantitative estimate of drug-likeness (QED) is 0.648. The second-order valence-corrected chi connectivity index (χ2v) is 12.4. The zero-order chi connectivity index (χ0) is 17.7. The van der Waals surface area contributed by atoms with Crippen LogP contribution >= 0.6 is 0 Å². The van der Waals surface area contributed by atoms with Crippen molar-refractivity contribution in [2.45, 2.75) is 65.0 Å². The lowest BCUT2D eigenvalue weighted by atomic mass is 10.1. The van der Waals surface area contributed by atoms with Gasteiger partial charge in [-0.2, -0.15) is 0 Å². The standard InChI is InChI=1S/C21H30FNSi/c1-6-7-10-18-15-19(22)12-13-20(18)24(16(2)3,17(4)5)21-11-8-9-14-23-21/h8-9,11-17H,6-7,10H2,1-5H3. The van der Waals surface area contributed by atoms with Crippen LogP contribution in [0.3, 0.4) is 0 Å². The molecule has 0 aliphatic rings. The van der Waals surface area contributed by atoms with Crippen molar-refractivity contribution in [2.24, 2.45) is 0 Å². The molecule has 24 heavy (non-hydrogen) atoms. The van der Waals surface area contributed by atoms with Crippen LogP contribution in [0, 0.1) is 5.82 Å². The Kier molecular flexibility index (Phi) is 6.33. The molecule has 0 saturated carbocycles. The molecule has 0 bridgehead atoms. The third-order valence-electron chi connectivity index (χ3n) is 5.22. The van der Waals surface area contributed by atoms with E-state index in [9.17, 15) is 4.39 Å². The Morgan fingerprint density at radius 2 is 1.75 bits per heavy atom. The summed E-state index contributed by atoms with van der Waals surface area (Å²) >= 11 is 0. The van der Waals surface area contributed by atoms with Gasteiger partial charge in [-0.05, 0) is 58.9 Å². The molecular weight excluding hydrogens is 313 g/mol. The second kappa shape index (κ2) is 8.06. The summed E-state index contributed by atoms with van der Waals surface area (Å²) in [7, 11) is -2.10. The first kappa shape index (κ1) is 18.8. The maximum atomic E-state index is 14.0. The topological polar surface area (TPSA) is 12.9 Å². The third-order valence-corrected chi connectivity index (χ3v) is 11.4. The van der Waals surface area contributed by atoms with E-state index in [2.05, 4.69) is 52.8 Å². The molecule has 2 rings (SSSR count). The zero-order valence-corrected chi connectivity index (χ0v) is 16.6. The van der Waals surface area contributed by atoms with Crippen molar-refractivity contribution in [1.29, 1.82) is 0 Å². The highest BCUT2D eigenvalue weighted by Crippen LogP contribution is 2.32. The van der Waals surface area contributed by atoms with Crippen LogP contribution in [-0.4, -0.2) is 13.1 Å². The van der Waals surface area contributed by atoms with Crippen LogP contribution in [0.1, 0.15) is 53.0 Å². The summed E-state index contributed by atoms with van der Waals surface area (Å²) in [4.78, 5) is 4.78. The Morgan fingerprint density at radius 1 is 1.04 bits per heavy atom. The number of halogens is 1. The molecule has 0 N–H and O–H groups in total. The Balaban J connectivity index is 2.73. The van der Waals surface area contributed by atoms with E-state index in [4.69, 9.17) is 4.98 Å². The Hall–Kier alpha value is -1.48. The molecule has 1 heterocycles. The van der Waals surface area contributed by atoms with Gasteiger partial charge in [0, 0.05) is 11.5 Å². The number of hydrogen-bond acceptors (Lipinski definition) is 1. The number of hydrogen-bond donors (Lipinski definition) is 0. The van der Waals surface area contributed by atoms with Gasteiger partial charge in [-0.3, -0.25) is 4.98 Å². The summed E-state index contributed by atoms with van der Waals surface area (Å²) in [6, 6.07) is 11.7. The number of benzene rings is 1. The predicted octanol–water partition coefficient (Wildman–Crippen LogP) is 4.95. The maximum Gasteiger partial charge on any atom is 0.146 e. The van der Waals surface area contributed by atoms with Gasteiger partial charge in [0.2, 0.25) is 0 Å². The highest BCUT2D eigenvalue weighted by atomic mass is 28.3. The summed E-state index contributed by atoms with van der Waals surface area (Å²) in [5.74, 6) is -0.124. The van der Waals surface area contributed by atoms with Crippen molar-refractivity contribution in [1.82, 2.24) is 4.98 Å². The molecule has 1 aromatic heterocycles. The lowest BCUT2D eigenvalue weighted by Crippen LogP contribution is -2.64. The van der Waals surface area contributed by atoms with Gasteiger partial charge in [0.1, 0.15) is 13.9 Å². The van der Waals surface area contributed by atoms with Crippen LogP contribution in [0.2, 0.25) is 11.1 Å². The highest BCUT2D eigenvalue weighted by Gasteiger charge is 2.45. The van der Waals surface area contributed by atoms with E-state index in [1.165, 1.54) is 16.1 Å². The summed E-state index contributed by atoms with van der Waals surface area (Å²) in [5.41, 5.74) is 2.19. The fraction of sp³-hybridized carbons (Fsp3) is 0.476. The molecule has 2 aromatic rings. The molecule has 130 valence electrons. The van der Waals surface area contributed by atoms with Gasteiger partial charge in [0.15, 0.2) is 0 Å². The highest BCUT2D eigenvalue weighted by molar-refractivity contribution is 7.03. The molecule has 0 aliphatic heterocycles. The minimum atomic E-state index is -2.10. The van der Waals surface area contributed by atoms with E-state index in [1.54, 1.807) is 12.1 Å². The van der Waals surface area contributed by atoms with Crippen molar-refractivity contribution in [3.05, 3.63) is 54.0 Å². The molecular formula is C21H30FNSi. The normalized spacial score (nSPS) is 12.2. The van der Waals surface area contributed by atoms with Crippen molar-refractivity contribution in [2.75, 3.05) is 0 Å². The molecule has 0 amide bonds. The summed E-state index contributed by atoms with van der Waals surface area (Å²) in [6.45, 7) is 11.4. The molecule has 0 saturated heterocycles. The van der Waals surface area contributed by atoms with E-state index in [0.29, 0.717) is 11.1 Å². The van der Waals surface area contributed by atoms with Crippen LogP contribution in [-0.2, 0) is 6.42 Å². The molecule has 0 spiro atoms. The summed E-state index contributed by atoms with van der Waals surface area (Å²) < 4.78 is 14.0. The van der Waals surface area contributed by atoms with Crippen molar-refractivity contribution >= 4 is 18.6 Å². The SMILES string of the molecule is CCCCc1cc(F)ccc1[Si](c1ccccn1)(C(C)C)C(C)C. The Bertz CT molecular complexity index is 644. The van der Waals surface area contributed by atoms with Crippen molar-refractivity contribution in [3.8, 4) is 0 Å². The van der Waals surface area contributed by atoms with E-state index >= 15 is 0 Å². The molecule has 0 radical (unpaired) electrons. The second-order valence-electron chi connectivity index (χ2n) is 7.30. The molecule has 0 atom stereocenters. The number of nitrogens with zero attached hydrogens (tertiary/aromatic N) is 1. The molecule has 3 heteroatoms. The zero-order valence-electron chi connectivity index (χ0n) is 15.6. The van der Waals surface area contributed by atoms with E-state index in [-0.39, 0.29) is 5.82 Å². The van der Waals surface area contributed by atoms with Crippen LogP contribution in [0.25, 0.3) is 0 Å². The van der Waals surface area contributed by atoms with Crippen LogP contribution in [0.5, 0.6) is 0 Å².